The Bertz CT molecular complexity index is 989. The topological polar surface area (TPSA) is 85.9 Å². The maximum atomic E-state index is 12.6. The molecule has 0 aliphatic carbocycles. The van der Waals surface area contributed by atoms with Crippen LogP contribution in [0.3, 0.4) is 0 Å². The summed E-state index contributed by atoms with van der Waals surface area (Å²) >= 11 is 0. The molecule has 0 saturated carbocycles. The lowest BCUT2D eigenvalue weighted by Gasteiger charge is -2.24. The van der Waals surface area contributed by atoms with E-state index in [-0.39, 0.29) is 0 Å². The van der Waals surface area contributed by atoms with Gasteiger partial charge >= 0.3 is 6.03 Å². The smallest absolute Gasteiger partial charge is 0.319 e. The molecule has 6 nitrogen and oxygen atoms in total. The van der Waals surface area contributed by atoms with Gasteiger partial charge in [-0.05, 0) is 29.0 Å². The molecule has 0 bridgehead atoms. The molecule has 144 valence electrons. The van der Waals surface area contributed by atoms with Gasteiger partial charge in [0.25, 0.3) is 5.91 Å². The average molecular weight is 378 g/mol. The summed E-state index contributed by atoms with van der Waals surface area (Å²) < 4.78 is 5.27. The van der Waals surface area contributed by atoms with Crippen LogP contribution in [0.15, 0.2) is 66.7 Å². The highest BCUT2D eigenvalue weighted by Crippen LogP contribution is 2.22. The van der Waals surface area contributed by atoms with E-state index in [1.54, 1.807) is 7.11 Å². The maximum Gasteiger partial charge on any atom is 0.319 e. The van der Waals surface area contributed by atoms with Crippen LogP contribution in [-0.4, -0.2) is 26.1 Å². The zero-order valence-electron chi connectivity index (χ0n) is 15.9. The molecular formula is C22H24N3O3+. The summed E-state index contributed by atoms with van der Waals surface area (Å²) in [6.07, 6.45) is 0. The molecule has 3 amide bonds. The van der Waals surface area contributed by atoms with Gasteiger partial charge in [0.2, 0.25) is 0 Å². The number of benzene rings is 3. The third-order valence-corrected chi connectivity index (χ3v) is 4.73. The van der Waals surface area contributed by atoms with Gasteiger partial charge in [0.05, 0.1) is 14.2 Å². The van der Waals surface area contributed by atoms with Crippen molar-refractivity contribution in [3.8, 4) is 5.75 Å². The number of urea groups is 1. The maximum absolute atomic E-state index is 12.6. The fraction of sp³-hybridized carbons (Fsp3) is 0.182. The number of hydrogen-bond donors (Lipinski definition) is 3. The van der Waals surface area contributed by atoms with Crippen LogP contribution in [0, 0.1) is 0 Å². The minimum Gasteiger partial charge on any atom is -0.497 e. The van der Waals surface area contributed by atoms with Gasteiger partial charge in [-0.25, -0.2) is 4.79 Å². The third kappa shape index (κ3) is 4.47. The third-order valence-electron chi connectivity index (χ3n) is 4.73. The van der Waals surface area contributed by atoms with Crippen LogP contribution >= 0.6 is 0 Å². The lowest BCUT2D eigenvalue weighted by molar-refractivity contribution is -0.916. The summed E-state index contributed by atoms with van der Waals surface area (Å²) in [5.74, 6) is 0.400. The number of primary amides is 1. The van der Waals surface area contributed by atoms with E-state index in [2.05, 4.69) is 11.4 Å². The molecule has 28 heavy (non-hydrogen) atoms. The number of methoxy groups -OCH3 is 1. The lowest BCUT2D eigenvalue weighted by atomic mass is 10.0. The minimum atomic E-state index is -0.849. The van der Waals surface area contributed by atoms with Gasteiger partial charge in [-0.15, -0.1) is 0 Å². The first-order valence-corrected chi connectivity index (χ1v) is 9.02. The largest absolute Gasteiger partial charge is 0.497 e. The van der Waals surface area contributed by atoms with Crippen molar-refractivity contribution in [3.63, 3.8) is 0 Å². The van der Waals surface area contributed by atoms with Crippen molar-refractivity contribution in [1.82, 2.24) is 5.32 Å². The standard InChI is InChI=1S/C22H23N3O3/c1-25(20(21(26)24-22(23)27)16-6-4-3-5-7-16)14-15-8-9-18-13-19(28-2)11-10-17(18)12-15/h3-13,20H,14H2,1-2H3,(H3,23,24,26,27)/p+1/t20-/m1/s1. The van der Waals surface area contributed by atoms with Crippen LogP contribution in [-0.2, 0) is 11.3 Å². The molecule has 0 radical (unpaired) electrons. The first kappa shape index (κ1) is 19.4. The second-order valence-corrected chi connectivity index (χ2v) is 6.77. The Morgan fingerprint density at radius 1 is 1.04 bits per heavy atom. The molecule has 0 aliphatic rings. The average Bonchev–Trinajstić information content (AvgIpc) is 2.68. The minimum absolute atomic E-state index is 0.415. The number of quaternary nitrogens is 1. The van der Waals surface area contributed by atoms with Crippen molar-refractivity contribution in [2.24, 2.45) is 5.73 Å². The number of imide groups is 1. The van der Waals surface area contributed by atoms with E-state index in [0.717, 1.165) is 32.5 Å². The molecule has 0 saturated heterocycles. The van der Waals surface area contributed by atoms with Crippen molar-refractivity contribution in [3.05, 3.63) is 77.9 Å². The van der Waals surface area contributed by atoms with Crippen LogP contribution in [0.25, 0.3) is 10.8 Å². The lowest BCUT2D eigenvalue weighted by Crippen LogP contribution is -3.09. The molecule has 4 N–H and O–H groups in total. The summed E-state index contributed by atoms with van der Waals surface area (Å²) in [6, 6.07) is 20.1. The quantitative estimate of drug-likeness (QED) is 0.611. The summed E-state index contributed by atoms with van der Waals surface area (Å²) in [7, 11) is 3.57. The Labute approximate surface area is 163 Å². The number of fused-ring (bicyclic) bond motifs is 1. The molecule has 2 atom stereocenters. The summed E-state index contributed by atoms with van der Waals surface area (Å²) in [5, 5.41) is 4.41. The molecule has 0 fully saturated rings. The van der Waals surface area contributed by atoms with E-state index >= 15 is 0 Å². The Hall–Kier alpha value is -3.38. The Kier molecular flexibility index (Phi) is 5.91. The summed E-state index contributed by atoms with van der Waals surface area (Å²) in [5.41, 5.74) is 7.07. The van der Waals surface area contributed by atoms with Crippen molar-refractivity contribution >= 4 is 22.7 Å². The predicted molar refractivity (Wildman–Crippen MR) is 108 cm³/mol. The molecule has 0 aromatic heterocycles. The second-order valence-electron chi connectivity index (χ2n) is 6.77. The van der Waals surface area contributed by atoms with Gasteiger partial charge in [0.1, 0.15) is 12.3 Å². The van der Waals surface area contributed by atoms with E-state index in [9.17, 15) is 9.59 Å². The number of ether oxygens (including phenoxy) is 1. The first-order valence-electron chi connectivity index (χ1n) is 9.02. The summed E-state index contributed by atoms with van der Waals surface area (Å²) in [4.78, 5) is 24.7. The van der Waals surface area contributed by atoms with E-state index in [1.807, 2.05) is 67.7 Å². The number of carbonyl (C=O) groups excluding carboxylic acids is 2. The monoisotopic (exact) mass is 378 g/mol. The van der Waals surface area contributed by atoms with Crippen LogP contribution < -0.4 is 20.7 Å². The zero-order valence-corrected chi connectivity index (χ0v) is 15.9. The highest BCUT2D eigenvalue weighted by Gasteiger charge is 2.30. The number of likely N-dealkylation sites (N-methyl/N-ethyl adjacent to an activating group) is 1. The van der Waals surface area contributed by atoms with Gasteiger partial charge in [-0.2, -0.15) is 0 Å². The second kappa shape index (κ2) is 8.54. The van der Waals surface area contributed by atoms with Gasteiger partial charge in [0.15, 0.2) is 6.04 Å². The van der Waals surface area contributed by atoms with E-state index in [0.29, 0.717) is 6.54 Å². The van der Waals surface area contributed by atoms with Gasteiger partial charge < -0.3 is 15.4 Å². The number of nitrogens with two attached hydrogens (primary N) is 1. The van der Waals surface area contributed by atoms with Gasteiger partial charge in [-0.3, -0.25) is 10.1 Å². The van der Waals surface area contributed by atoms with E-state index in [1.165, 1.54) is 0 Å². The van der Waals surface area contributed by atoms with Crippen molar-refractivity contribution in [2.75, 3.05) is 14.2 Å². The van der Waals surface area contributed by atoms with Gasteiger partial charge in [-0.1, -0.05) is 48.5 Å². The van der Waals surface area contributed by atoms with Crippen molar-refractivity contribution < 1.29 is 19.2 Å². The number of hydrogen-bond acceptors (Lipinski definition) is 3. The highest BCUT2D eigenvalue weighted by atomic mass is 16.5. The normalized spacial score (nSPS) is 12.9. The summed E-state index contributed by atoms with van der Waals surface area (Å²) in [6.45, 7) is 0.605. The molecule has 0 heterocycles. The van der Waals surface area contributed by atoms with Crippen molar-refractivity contribution in [1.29, 1.82) is 0 Å². The highest BCUT2D eigenvalue weighted by molar-refractivity contribution is 5.96. The van der Waals surface area contributed by atoms with Crippen LogP contribution in [0.4, 0.5) is 4.79 Å². The molecular weight excluding hydrogens is 354 g/mol. The van der Waals surface area contributed by atoms with Gasteiger partial charge in [0, 0.05) is 11.1 Å². The van der Waals surface area contributed by atoms with E-state index in [4.69, 9.17) is 10.5 Å². The van der Waals surface area contributed by atoms with E-state index < -0.39 is 18.0 Å². The van der Waals surface area contributed by atoms with Crippen molar-refractivity contribution in [2.45, 2.75) is 12.6 Å². The Morgan fingerprint density at radius 3 is 2.39 bits per heavy atom. The number of rotatable bonds is 6. The van der Waals surface area contributed by atoms with Crippen LogP contribution in [0.2, 0.25) is 0 Å². The fourth-order valence-corrected chi connectivity index (χ4v) is 3.43. The number of carbonyl (C=O) groups is 2. The zero-order chi connectivity index (χ0) is 20.1. The molecule has 6 heteroatoms. The molecule has 0 aliphatic heterocycles. The Morgan fingerprint density at radius 2 is 1.71 bits per heavy atom. The Balaban J connectivity index is 1.86. The SMILES string of the molecule is COc1ccc2cc(C[NH+](C)[C@@H](C(=O)NC(N)=O)c3ccccc3)ccc2c1. The molecule has 1 unspecified atom stereocenters. The fourth-order valence-electron chi connectivity index (χ4n) is 3.43. The number of nitrogens with one attached hydrogen (secondary N) is 2. The molecule has 3 aromatic rings. The first-order chi connectivity index (χ1) is 13.5. The molecule has 3 aromatic carbocycles. The molecule has 3 rings (SSSR count). The number of amides is 3. The predicted octanol–water partition coefficient (Wildman–Crippen LogP) is 1.80. The van der Waals surface area contributed by atoms with Crippen LogP contribution in [0.1, 0.15) is 17.2 Å². The molecule has 0 spiro atoms. The van der Waals surface area contributed by atoms with Crippen LogP contribution in [0.5, 0.6) is 5.75 Å².